The zero-order valence-electron chi connectivity index (χ0n) is 30.0. The highest BCUT2D eigenvalue weighted by atomic mass is 33.1. The molecule has 0 radical (unpaired) electrons. The van der Waals surface area contributed by atoms with Crippen molar-refractivity contribution in [3.63, 3.8) is 0 Å². The normalized spacial score (nSPS) is 20.7. The number of halogens is 3. The summed E-state index contributed by atoms with van der Waals surface area (Å²) in [4.78, 5) is 29.1. The summed E-state index contributed by atoms with van der Waals surface area (Å²) < 4.78 is 61.5. The van der Waals surface area contributed by atoms with Gasteiger partial charge in [-0.15, -0.1) is 0 Å². The highest BCUT2D eigenvalue weighted by molar-refractivity contribution is 8.76. The second kappa shape index (κ2) is 21.1. The van der Waals surface area contributed by atoms with Crippen molar-refractivity contribution < 1.29 is 62.1 Å². The van der Waals surface area contributed by atoms with Crippen molar-refractivity contribution >= 4 is 44.5 Å². The average Bonchev–Trinajstić information content (AvgIpc) is 3.16. The molecule has 1 aliphatic heterocycles. The fourth-order valence-corrected chi connectivity index (χ4v) is 7.34. The summed E-state index contributed by atoms with van der Waals surface area (Å²) in [7, 11) is 2.66. The molecule has 6 atom stereocenters. The Bertz CT molecular complexity index is 1630. The lowest BCUT2D eigenvalue weighted by Crippen LogP contribution is -2.60. The number of aliphatic hydroxyl groups is 4. The minimum absolute atomic E-state index is 0.0171. The van der Waals surface area contributed by atoms with E-state index < -0.39 is 67.3 Å². The number of carbonyl (C=O) groups excluding carboxylic acids is 2. The maximum Gasteiger partial charge on any atom is 0.416 e. The number of hydrogen-bond acceptors (Lipinski definition) is 12. The molecule has 1 fully saturated rings. The maximum absolute atomic E-state index is 13.5. The van der Waals surface area contributed by atoms with Crippen LogP contribution < -0.4 is 0 Å². The molecule has 1 aliphatic rings. The summed E-state index contributed by atoms with van der Waals surface area (Å²) in [5.41, 5.74) is 0.721. The van der Waals surface area contributed by atoms with Crippen LogP contribution in [-0.4, -0.2) is 118 Å². The maximum atomic E-state index is 13.5. The van der Waals surface area contributed by atoms with Crippen molar-refractivity contribution in [1.82, 2.24) is 9.80 Å². The zero-order valence-corrected chi connectivity index (χ0v) is 31.6. The Morgan fingerprint density at radius 1 is 0.944 bits per heavy atom. The molecule has 0 bridgehead atoms. The van der Waals surface area contributed by atoms with Gasteiger partial charge in [-0.2, -0.15) is 13.2 Å². The van der Waals surface area contributed by atoms with E-state index in [1.54, 1.807) is 11.0 Å². The summed E-state index contributed by atoms with van der Waals surface area (Å²) in [6.07, 6.45) is -12.4. The van der Waals surface area contributed by atoms with Crippen LogP contribution in [0.2, 0.25) is 0 Å². The second-order valence-electron chi connectivity index (χ2n) is 12.6. The molecule has 298 valence electrons. The molecular formula is C37H47F3N2O10S2. The number of hydrogen-bond donors (Lipinski definition) is 4. The van der Waals surface area contributed by atoms with Gasteiger partial charge in [0.1, 0.15) is 37.1 Å². The van der Waals surface area contributed by atoms with Crippen LogP contribution in [0, 0.1) is 0 Å². The minimum atomic E-state index is -4.44. The number of fused-ring (bicyclic) bond motifs is 1. The van der Waals surface area contributed by atoms with Crippen LogP contribution in [0.3, 0.4) is 0 Å². The van der Waals surface area contributed by atoms with Gasteiger partial charge in [0.05, 0.1) is 24.8 Å². The van der Waals surface area contributed by atoms with Crippen LogP contribution in [0.4, 0.5) is 22.8 Å². The number of alkyl halides is 3. The largest absolute Gasteiger partial charge is 0.437 e. The van der Waals surface area contributed by atoms with Gasteiger partial charge in [-0.3, -0.25) is 4.90 Å². The molecule has 1 saturated heterocycles. The summed E-state index contributed by atoms with van der Waals surface area (Å²) in [5.74, 6) is 0.486. The fourth-order valence-electron chi connectivity index (χ4n) is 5.92. The number of ether oxygens (including phenoxy) is 4. The first-order valence-corrected chi connectivity index (χ1v) is 20.0. The first-order valence-electron chi connectivity index (χ1n) is 17.5. The quantitative estimate of drug-likeness (QED) is 0.0682. The first kappa shape index (κ1) is 43.4. The minimum Gasteiger partial charge on any atom is -0.437 e. The lowest BCUT2D eigenvalue weighted by molar-refractivity contribution is -0.287. The molecule has 0 spiro atoms. The molecule has 0 saturated carbocycles. The van der Waals surface area contributed by atoms with E-state index in [1.807, 2.05) is 56.3 Å². The van der Waals surface area contributed by atoms with E-state index in [-0.39, 0.29) is 32.4 Å². The Balaban J connectivity index is 1.25. The highest BCUT2D eigenvalue weighted by Gasteiger charge is 2.45. The van der Waals surface area contributed by atoms with E-state index in [4.69, 9.17) is 18.9 Å². The molecule has 17 heteroatoms. The van der Waals surface area contributed by atoms with E-state index in [0.717, 1.165) is 28.5 Å². The van der Waals surface area contributed by atoms with Crippen molar-refractivity contribution in [1.29, 1.82) is 0 Å². The van der Waals surface area contributed by atoms with Gasteiger partial charge in [0.25, 0.3) is 0 Å². The molecule has 4 rings (SSSR count). The lowest BCUT2D eigenvalue weighted by Gasteiger charge is -2.39. The third-order valence-electron chi connectivity index (χ3n) is 8.78. The Morgan fingerprint density at radius 3 is 2.43 bits per heavy atom. The standard InChI is InChI=1S/C37H47F3N2O10S2/c1-3-16-41(35(47)52-34-33(46)32(45)31(44)30(21-43)51-34)22-49-18-19-53-54-23-50-36(48)42(17-8-10-25-9-6-13-27(20-25)37(38,39)40)24(2)28-15-7-12-26-11-4-5-14-29(26)28/h4-7,9,11-15,20,24,30-34,43-46H,3,8,10,16-19,21-23H2,1-2H3/t24-,30-,31-,32+,33-,34+/m1/s1. The lowest BCUT2D eigenvalue weighted by atomic mass is 9.98. The van der Waals surface area contributed by atoms with Crippen molar-refractivity contribution in [3.05, 3.63) is 83.4 Å². The Hall–Kier alpha value is -3.29. The summed E-state index contributed by atoms with van der Waals surface area (Å²) >= 11 is 0. The highest BCUT2D eigenvalue weighted by Crippen LogP contribution is 2.32. The number of nitrogens with zero attached hydrogens (tertiary/aromatic N) is 2. The number of aryl methyl sites for hydroxylation is 1. The van der Waals surface area contributed by atoms with Crippen LogP contribution in [0.5, 0.6) is 0 Å². The molecule has 3 aromatic carbocycles. The van der Waals surface area contributed by atoms with Crippen molar-refractivity contribution in [2.75, 3.05) is 44.7 Å². The van der Waals surface area contributed by atoms with E-state index in [1.165, 1.54) is 32.6 Å². The Morgan fingerprint density at radius 2 is 1.69 bits per heavy atom. The summed E-state index contributed by atoms with van der Waals surface area (Å²) in [5, 5.41) is 41.4. The van der Waals surface area contributed by atoms with E-state index in [0.29, 0.717) is 30.6 Å². The SMILES string of the molecule is CCCN(COCCSSCOC(=O)N(CCCc1cccc(C(F)(F)F)c1)[C@H](C)c1cccc2ccccc12)C(=O)O[C@@H]1O[C@H](CO)[C@@H](O)[C@H](O)[C@H]1O. The van der Waals surface area contributed by atoms with Crippen molar-refractivity contribution in [3.8, 4) is 0 Å². The van der Waals surface area contributed by atoms with Gasteiger partial charge in [-0.25, -0.2) is 9.59 Å². The molecule has 0 aromatic heterocycles. The topological polar surface area (TPSA) is 158 Å². The van der Waals surface area contributed by atoms with E-state index in [2.05, 4.69) is 0 Å². The van der Waals surface area contributed by atoms with Crippen LogP contribution in [0.1, 0.15) is 49.4 Å². The number of rotatable bonds is 18. The molecule has 2 amide bonds. The molecule has 0 aliphatic carbocycles. The van der Waals surface area contributed by atoms with Crippen molar-refractivity contribution in [2.24, 2.45) is 0 Å². The number of aliphatic hydroxyl groups excluding tert-OH is 4. The Kier molecular flexibility index (Phi) is 17.0. The first-order chi connectivity index (χ1) is 25.8. The van der Waals surface area contributed by atoms with Gasteiger partial charge in [0, 0.05) is 18.8 Å². The summed E-state index contributed by atoms with van der Waals surface area (Å²) in [6, 6.07) is 18.4. The third-order valence-corrected chi connectivity index (χ3v) is 10.8. The molecule has 12 nitrogen and oxygen atoms in total. The molecular weight excluding hydrogens is 754 g/mol. The Labute approximate surface area is 319 Å². The molecule has 1 heterocycles. The molecule has 3 aromatic rings. The van der Waals surface area contributed by atoms with Gasteiger partial charge >= 0.3 is 18.4 Å². The number of amides is 2. The molecule has 0 unspecified atom stereocenters. The van der Waals surface area contributed by atoms with Gasteiger partial charge < -0.3 is 44.3 Å². The van der Waals surface area contributed by atoms with E-state index >= 15 is 0 Å². The molecule has 4 N–H and O–H groups in total. The van der Waals surface area contributed by atoms with Crippen LogP contribution in [0.25, 0.3) is 10.8 Å². The van der Waals surface area contributed by atoms with Crippen molar-refractivity contribution in [2.45, 2.75) is 76.0 Å². The molecule has 54 heavy (non-hydrogen) atoms. The monoisotopic (exact) mass is 800 g/mol. The zero-order chi connectivity index (χ0) is 39.3. The predicted molar refractivity (Wildman–Crippen MR) is 198 cm³/mol. The predicted octanol–water partition coefficient (Wildman–Crippen LogP) is 5.95. The number of benzene rings is 3. The van der Waals surface area contributed by atoms with Crippen LogP contribution in [-0.2, 0) is 31.5 Å². The smallest absolute Gasteiger partial charge is 0.416 e. The van der Waals surface area contributed by atoms with Gasteiger partial charge in [0.15, 0.2) is 0 Å². The van der Waals surface area contributed by atoms with Crippen LogP contribution >= 0.6 is 21.6 Å². The second-order valence-corrected chi connectivity index (χ2v) is 15.1. The summed E-state index contributed by atoms with van der Waals surface area (Å²) in [6.45, 7) is 3.64. The van der Waals surface area contributed by atoms with Gasteiger partial charge in [-0.1, -0.05) is 89.2 Å². The number of carbonyl (C=O) groups is 2. The third kappa shape index (κ3) is 12.1. The van der Waals surface area contributed by atoms with Gasteiger partial charge in [0.2, 0.25) is 6.29 Å². The van der Waals surface area contributed by atoms with Crippen LogP contribution in [0.15, 0.2) is 66.7 Å². The fraction of sp³-hybridized carbons (Fsp3) is 0.514. The van der Waals surface area contributed by atoms with Gasteiger partial charge in [-0.05, 0) is 54.2 Å². The van der Waals surface area contributed by atoms with E-state index in [9.17, 15) is 43.2 Å². The average molecular weight is 801 g/mol.